The van der Waals surface area contributed by atoms with E-state index in [1.165, 1.54) is 3.93 Å². The van der Waals surface area contributed by atoms with Crippen molar-refractivity contribution in [1.82, 2.24) is 0 Å². The molecule has 72 valence electrons. The van der Waals surface area contributed by atoms with Crippen molar-refractivity contribution in [3.05, 3.63) is 0 Å². The molecule has 0 aliphatic rings. The summed E-state index contributed by atoms with van der Waals surface area (Å²) < 4.78 is 68.7. The van der Waals surface area contributed by atoms with Gasteiger partial charge in [0.25, 0.3) is 0 Å². The van der Waals surface area contributed by atoms with Crippen molar-refractivity contribution >= 4 is 20.4 Å². The molecular formula is C5H3F6I. The van der Waals surface area contributed by atoms with Gasteiger partial charge in [0.15, 0.2) is 0 Å². The topological polar surface area (TPSA) is 0 Å². The summed E-state index contributed by atoms with van der Waals surface area (Å²) in [6, 6.07) is 0. The Morgan fingerprint density at radius 3 is 2.08 bits per heavy atom. The van der Waals surface area contributed by atoms with Crippen LogP contribution in [0.1, 0.15) is 0 Å². The summed E-state index contributed by atoms with van der Waals surface area (Å²) in [4.78, 5) is 0. The van der Waals surface area contributed by atoms with E-state index in [1.807, 2.05) is 0 Å². The summed E-state index contributed by atoms with van der Waals surface area (Å²) in [6.45, 7) is 0. The number of halogens is 7. The Bertz CT molecular complexity index is 186. The van der Waals surface area contributed by atoms with Gasteiger partial charge in [-0.3, -0.25) is 0 Å². The van der Waals surface area contributed by atoms with Crippen molar-refractivity contribution in [2.45, 2.75) is 12.6 Å². The van der Waals surface area contributed by atoms with Crippen LogP contribution in [-0.4, -0.2) is 17.0 Å². The van der Waals surface area contributed by atoms with E-state index in [-0.39, 0.29) is 0 Å². The van der Waals surface area contributed by atoms with Crippen molar-refractivity contribution in [1.29, 1.82) is 0 Å². The molecule has 0 aromatic rings. The number of hydrogen-bond acceptors (Lipinski definition) is 0. The molecule has 12 heavy (non-hydrogen) atoms. The van der Waals surface area contributed by atoms with E-state index in [4.69, 9.17) is 0 Å². The quantitative estimate of drug-likeness (QED) is 0.318. The summed E-state index contributed by atoms with van der Waals surface area (Å²) in [7, 11) is 0. The Labute approximate surface area is 72.5 Å². The second-order valence-electron chi connectivity index (χ2n) is 1.57. The van der Waals surface area contributed by atoms with Crippen molar-refractivity contribution in [3.63, 3.8) is 0 Å². The molecule has 0 fully saturated rings. The van der Waals surface area contributed by atoms with Gasteiger partial charge in [-0.15, -0.1) is 0 Å². The predicted octanol–water partition coefficient (Wildman–Crippen LogP) is 3.17. The van der Waals surface area contributed by atoms with Gasteiger partial charge >= 0.3 is 72.1 Å². The number of rotatable bonds is 2. The molecule has 0 aromatic carbocycles. The Morgan fingerprint density at radius 2 is 1.75 bits per heavy atom. The van der Waals surface area contributed by atoms with Crippen LogP contribution in [0.3, 0.4) is 0 Å². The molecule has 0 saturated heterocycles. The molecule has 0 amide bonds. The van der Waals surface area contributed by atoms with E-state index in [1.54, 1.807) is 0 Å². The second kappa shape index (κ2) is 4.79. The third kappa shape index (κ3) is 7.97. The Hall–Kier alpha value is -0.130. The molecule has 0 aliphatic carbocycles. The van der Waals surface area contributed by atoms with E-state index in [2.05, 4.69) is 0 Å². The number of hydrogen-bond donors (Lipinski definition) is 0. The van der Waals surface area contributed by atoms with Crippen LogP contribution in [0.15, 0.2) is 0 Å². The van der Waals surface area contributed by atoms with Gasteiger partial charge in [0.05, 0.1) is 0 Å². The Balaban J connectivity index is 3.96. The first-order chi connectivity index (χ1) is 5.31. The van der Waals surface area contributed by atoms with Crippen molar-refractivity contribution < 1.29 is 24.8 Å². The van der Waals surface area contributed by atoms with Gasteiger partial charge < -0.3 is 0 Å². The maximum absolute atomic E-state index is 12.2. The molecule has 0 nitrogen and oxygen atoms in total. The van der Waals surface area contributed by atoms with E-state index < -0.39 is 37.4 Å². The molecule has 0 rings (SSSR count). The van der Waals surface area contributed by atoms with Gasteiger partial charge in [-0.25, -0.2) is 0 Å². The molecule has 0 heterocycles. The molecule has 0 saturated carbocycles. The average Bonchev–Trinajstić information content (AvgIpc) is 1.80. The standard InChI is InChI=1S/C5H3F6I/c6-4(7)3-12(11)2-1-5(8,9)10/h4H,3H2. The molecule has 0 radical (unpaired) electrons. The number of alkyl halides is 6. The van der Waals surface area contributed by atoms with Crippen LogP contribution in [0.25, 0.3) is 0 Å². The SMILES string of the molecule is FC(F)CI(F)C#CC(F)(F)F. The van der Waals surface area contributed by atoms with Gasteiger partial charge in [-0.2, -0.15) is 0 Å². The van der Waals surface area contributed by atoms with Gasteiger partial charge in [0, 0.05) is 0 Å². The van der Waals surface area contributed by atoms with Crippen LogP contribution in [0.4, 0.5) is 24.8 Å². The van der Waals surface area contributed by atoms with Crippen LogP contribution >= 0.6 is 20.4 Å². The fraction of sp³-hybridized carbons (Fsp3) is 0.600. The maximum atomic E-state index is 12.2. The zero-order valence-corrected chi connectivity index (χ0v) is 7.59. The first-order valence-electron chi connectivity index (χ1n) is 2.51. The minimum absolute atomic E-state index is 0.638. The van der Waals surface area contributed by atoms with Crippen LogP contribution in [0.2, 0.25) is 0 Å². The van der Waals surface area contributed by atoms with Crippen LogP contribution in [-0.2, 0) is 0 Å². The fourth-order valence-electron chi connectivity index (χ4n) is 0.246. The monoisotopic (exact) mass is 304 g/mol. The van der Waals surface area contributed by atoms with E-state index in [0.717, 1.165) is 0 Å². The summed E-state index contributed by atoms with van der Waals surface area (Å²) in [5.74, 6) is 0.638. The molecular weight excluding hydrogens is 301 g/mol. The molecule has 0 unspecified atom stereocenters. The van der Waals surface area contributed by atoms with Crippen molar-refractivity contribution in [2.75, 3.05) is 4.43 Å². The summed E-state index contributed by atoms with van der Waals surface area (Å²) in [6.07, 6.45) is -7.70. The van der Waals surface area contributed by atoms with Gasteiger partial charge in [0.1, 0.15) is 0 Å². The zero-order chi connectivity index (χ0) is 9.78. The third-order valence-electron chi connectivity index (χ3n) is 0.544. The Morgan fingerprint density at radius 1 is 1.25 bits per heavy atom. The van der Waals surface area contributed by atoms with E-state index in [0.29, 0.717) is 5.92 Å². The summed E-state index contributed by atoms with van der Waals surface area (Å²) >= 11 is -3.85. The normalized spacial score (nSPS) is 12.4. The predicted molar refractivity (Wildman–Crippen MR) is 39.8 cm³/mol. The first kappa shape index (κ1) is 11.9. The fourth-order valence-corrected chi connectivity index (χ4v) is 1.65. The van der Waals surface area contributed by atoms with Crippen LogP contribution in [0.5, 0.6) is 0 Å². The molecule has 0 bridgehead atoms. The molecule has 0 atom stereocenters. The molecule has 7 heteroatoms. The molecule has 0 spiro atoms. The molecule has 0 aliphatic heterocycles. The first-order valence-corrected chi connectivity index (χ1v) is 5.93. The zero-order valence-electron chi connectivity index (χ0n) is 5.43. The van der Waals surface area contributed by atoms with Crippen molar-refractivity contribution in [3.8, 4) is 9.85 Å². The Kier molecular flexibility index (Phi) is 4.74. The van der Waals surface area contributed by atoms with Gasteiger partial charge in [-0.05, 0) is 0 Å². The van der Waals surface area contributed by atoms with Crippen LogP contribution < -0.4 is 0 Å². The van der Waals surface area contributed by atoms with E-state index >= 15 is 0 Å². The van der Waals surface area contributed by atoms with Crippen LogP contribution in [0, 0.1) is 9.85 Å². The van der Waals surface area contributed by atoms with E-state index in [9.17, 15) is 24.8 Å². The second-order valence-corrected chi connectivity index (χ2v) is 4.74. The minimum atomic E-state index is -4.79. The van der Waals surface area contributed by atoms with Gasteiger partial charge in [-0.1, -0.05) is 0 Å². The molecule has 0 aromatic heterocycles. The summed E-state index contributed by atoms with van der Waals surface area (Å²) in [5, 5.41) is 0. The van der Waals surface area contributed by atoms with Gasteiger partial charge in [0.2, 0.25) is 0 Å². The summed E-state index contributed by atoms with van der Waals surface area (Å²) in [5.41, 5.74) is 0. The molecule has 0 N–H and O–H groups in total. The van der Waals surface area contributed by atoms with Crippen molar-refractivity contribution in [2.24, 2.45) is 0 Å². The third-order valence-corrected chi connectivity index (χ3v) is 2.84. The average molecular weight is 304 g/mol.